The van der Waals surface area contributed by atoms with Gasteiger partial charge in [-0.15, -0.1) is 0 Å². The van der Waals surface area contributed by atoms with Gasteiger partial charge in [0.2, 0.25) is 0 Å². The second-order valence-electron chi connectivity index (χ2n) is 6.91. The van der Waals surface area contributed by atoms with Gasteiger partial charge < -0.3 is 15.2 Å². The van der Waals surface area contributed by atoms with E-state index in [0.717, 1.165) is 22.8 Å². The maximum absolute atomic E-state index is 13.5. The van der Waals surface area contributed by atoms with Gasteiger partial charge in [0.15, 0.2) is 0 Å². The molecule has 6 heteroatoms. The van der Waals surface area contributed by atoms with Crippen LogP contribution in [-0.2, 0) is 16.1 Å². The SMILES string of the molecule is COC(=O)C(N)C/C=C(\c1ccccc1)c1ccccc1OCc1cc(F)cc(F)c1. The molecule has 0 aromatic heterocycles. The second-order valence-corrected chi connectivity index (χ2v) is 6.91. The van der Waals surface area contributed by atoms with Crippen molar-refractivity contribution >= 4 is 11.5 Å². The molecule has 0 fully saturated rings. The summed E-state index contributed by atoms with van der Waals surface area (Å²) in [5, 5.41) is 0. The first-order valence-electron chi connectivity index (χ1n) is 9.74. The van der Waals surface area contributed by atoms with Crippen LogP contribution in [0.25, 0.3) is 5.57 Å². The molecule has 1 unspecified atom stereocenters. The maximum atomic E-state index is 13.5. The van der Waals surface area contributed by atoms with E-state index in [-0.39, 0.29) is 13.0 Å². The Morgan fingerprint density at radius 2 is 1.65 bits per heavy atom. The van der Waals surface area contributed by atoms with Crippen molar-refractivity contribution in [3.05, 3.63) is 107 Å². The average Bonchev–Trinajstić information content (AvgIpc) is 2.78. The number of nitrogens with two attached hydrogens (primary N) is 1. The summed E-state index contributed by atoms with van der Waals surface area (Å²) < 4.78 is 37.6. The predicted molar refractivity (Wildman–Crippen MR) is 115 cm³/mol. The second kappa shape index (κ2) is 10.5. The smallest absolute Gasteiger partial charge is 0.322 e. The van der Waals surface area contributed by atoms with Gasteiger partial charge in [0.25, 0.3) is 0 Å². The fourth-order valence-corrected chi connectivity index (χ4v) is 3.16. The first-order chi connectivity index (χ1) is 15.0. The summed E-state index contributed by atoms with van der Waals surface area (Å²) in [5.74, 6) is -1.28. The molecule has 0 spiro atoms. The van der Waals surface area contributed by atoms with E-state index in [1.165, 1.54) is 19.2 Å². The number of carbonyl (C=O) groups is 1. The molecule has 1 atom stereocenters. The average molecular weight is 423 g/mol. The highest BCUT2D eigenvalue weighted by Gasteiger charge is 2.15. The normalized spacial score (nSPS) is 12.3. The number of hydrogen-bond acceptors (Lipinski definition) is 4. The molecule has 0 aliphatic heterocycles. The lowest BCUT2D eigenvalue weighted by atomic mass is 9.95. The molecule has 2 N–H and O–H groups in total. The summed E-state index contributed by atoms with van der Waals surface area (Å²) in [7, 11) is 1.29. The van der Waals surface area contributed by atoms with E-state index in [2.05, 4.69) is 0 Å². The molecule has 0 aliphatic rings. The zero-order valence-corrected chi connectivity index (χ0v) is 17.1. The molecule has 0 saturated heterocycles. The Labute approximate surface area is 179 Å². The topological polar surface area (TPSA) is 61.5 Å². The third-order valence-electron chi connectivity index (χ3n) is 4.66. The highest BCUT2D eigenvalue weighted by Crippen LogP contribution is 2.32. The molecule has 160 valence electrons. The van der Waals surface area contributed by atoms with Gasteiger partial charge in [-0.1, -0.05) is 54.6 Å². The van der Waals surface area contributed by atoms with Crippen LogP contribution in [0, 0.1) is 11.6 Å². The summed E-state index contributed by atoms with van der Waals surface area (Å²) in [6.45, 7) is -0.00453. The first kappa shape index (κ1) is 22.2. The Kier molecular flexibility index (Phi) is 7.51. The van der Waals surface area contributed by atoms with Crippen molar-refractivity contribution < 1.29 is 23.0 Å². The van der Waals surface area contributed by atoms with Crippen LogP contribution in [0.15, 0.2) is 78.9 Å². The molecule has 31 heavy (non-hydrogen) atoms. The molecular formula is C25H23F2NO3. The lowest BCUT2D eigenvalue weighted by molar-refractivity contribution is -0.142. The minimum Gasteiger partial charge on any atom is -0.488 e. The number of ether oxygens (including phenoxy) is 2. The van der Waals surface area contributed by atoms with E-state index in [1.54, 1.807) is 6.07 Å². The van der Waals surface area contributed by atoms with E-state index in [4.69, 9.17) is 15.2 Å². The van der Waals surface area contributed by atoms with Gasteiger partial charge in [-0.3, -0.25) is 4.79 Å². The lowest BCUT2D eigenvalue weighted by Gasteiger charge is -2.16. The monoisotopic (exact) mass is 423 g/mol. The molecule has 3 aromatic rings. The fraction of sp³-hybridized carbons (Fsp3) is 0.160. The van der Waals surface area contributed by atoms with Crippen LogP contribution in [-0.4, -0.2) is 19.1 Å². The van der Waals surface area contributed by atoms with Crippen LogP contribution in [0.2, 0.25) is 0 Å². The standard InChI is InChI=1S/C25H23F2NO3/c1-30-25(29)23(28)12-11-21(18-7-3-2-4-8-18)22-9-5-6-10-24(22)31-16-17-13-19(26)15-20(27)14-17/h2-11,13-15,23H,12,16,28H2,1H3/b21-11+. The minimum absolute atomic E-state index is 0.00453. The fourth-order valence-electron chi connectivity index (χ4n) is 3.16. The van der Waals surface area contributed by atoms with Gasteiger partial charge in [-0.05, 0) is 41.3 Å². The number of benzene rings is 3. The molecule has 3 aromatic carbocycles. The molecule has 4 nitrogen and oxygen atoms in total. The van der Waals surface area contributed by atoms with Gasteiger partial charge in [-0.25, -0.2) is 8.78 Å². The van der Waals surface area contributed by atoms with Crippen LogP contribution in [0.1, 0.15) is 23.1 Å². The van der Waals surface area contributed by atoms with Crippen molar-refractivity contribution in [2.75, 3.05) is 7.11 Å². The van der Waals surface area contributed by atoms with Crippen molar-refractivity contribution in [1.82, 2.24) is 0 Å². The minimum atomic E-state index is -0.799. The van der Waals surface area contributed by atoms with Gasteiger partial charge >= 0.3 is 5.97 Å². The van der Waals surface area contributed by atoms with Crippen molar-refractivity contribution in [1.29, 1.82) is 0 Å². The number of halogens is 2. The quantitative estimate of drug-likeness (QED) is 0.526. The lowest BCUT2D eigenvalue weighted by Crippen LogP contribution is -2.30. The molecule has 0 heterocycles. The van der Waals surface area contributed by atoms with Gasteiger partial charge in [0.05, 0.1) is 7.11 Å². The Morgan fingerprint density at radius 3 is 2.32 bits per heavy atom. The van der Waals surface area contributed by atoms with E-state index >= 15 is 0 Å². The van der Waals surface area contributed by atoms with Gasteiger partial charge in [-0.2, -0.15) is 0 Å². The predicted octanol–water partition coefficient (Wildman–Crippen LogP) is 4.87. The number of hydrogen-bond donors (Lipinski definition) is 1. The van der Waals surface area contributed by atoms with Crippen LogP contribution in [0.5, 0.6) is 5.75 Å². The van der Waals surface area contributed by atoms with Crippen LogP contribution in [0.3, 0.4) is 0 Å². The summed E-state index contributed by atoms with van der Waals surface area (Å²) in [6, 6.07) is 19.4. The molecular weight excluding hydrogens is 400 g/mol. The zero-order chi connectivity index (χ0) is 22.2. The molecule has 0 aliphatic carbocycles. The summed E-state index contributed by atoms with van der Waals surface area (Å²) in [5.41, 5.74) is 8.79. The van der Waals surface area contributed by atoms with E-state index in [0.29, 0.717) is 11.3 Å². The molecule has 0 amide bonds. The molecule has 0 radical (unpaired) electrons. The number of methoxy groups -OCH3 is 1. The molecule has 0 saturated carbocycles. The number of para-hydroxylation sites is 1. The first-order valence-corrected chi connectivity index (χ1v) is 9.74. The summed E-state index contributed by atoms with van der Waals surface area (Å²) >= 11 is 0. The highest BCUT2D eigenvalue weighted by atomic mass is 19.1. The van der Waals surface area contributed by atoms with Crippen molar-refractivity contribution in [2.24, 2.45) is 5.73 Å². The van der Waals surface area contributed by atoms with E-state index in [9.17, 15) is 13.6 Å². The Morgan fingerprint density at radius 1 is 1.00 bits per heavy atom. The number of esters is 1. The Hall–Kier alpha value is -3.51. The molecule has 3 rings (SSSR count). The maximum Gasteiger partial charge on any atom is 0.322 e. The summed E-state index contributed by atoms with van der Waals surface area (Å²) in [6.07, 6.45) is 2.13. The van der Waals surface area contributed by atoms with Crippen LogP contribution in [0.4, 0.5) is 8.78 Å². The van der Waals surface area contributed by atoms with Crippen molar-refractivity contribution in [2.45, 2.75) is 19.1 Å². The largest absolute Gasteiger partial charge is 0.488 e. The molecule has 0 bridgehead atoms. The van der Waals surface area contributed by atoms with Crippen LogP contribution < -0.4 is 10.5 Å². The third kappa shape index (κ3) is 5.99. The van der Waals surface area contributed by atoms with Crippen LogP contribution >= 0.6 is 0 Å². The Bertz CT molecular complexity index is 1050. The number of rotatable bonds is 8. The van der Waals surface area contributed by atoms with Crippen molar-refractivity contribution in [3.8, 4) is 5.75 Å². The zero-order valence-electron chi connectivity index (χ0n) is 17.1. The summed E-state index contributed by atoms with van der Waals surface area (Å²) in [4.78, 5) is 11.7. The van der Waals surface area contributed by atoms with Crippen molar-refractivity contribution in [3.63, 3.8) is 0 Å². The highest BCUT2D eigenvalue weighted by molar-refractivity contribution is 5.83. The third-order valence-corrected chi connectivity index (χ3v) is 4.66. The van der Waals surface area contributed by atoms with Gasteiger partial charge in [0.1, 0.15) is 30.0 Å². The number of carbonyl (C=O) groups excluding carboxylic acids is 1. The Balaban J connectivity index is 1.93. The van der Waals surface area contributed by atoms with E-state index in [1.807, 2.05) is 54.6 Å². The van der Waals surface area contributed by atoms with Gasteiger partial charge in [0, 0.05) is 11.6 Å². The van der Waals surface area contributed by atoms with E-state index < -0.39 is 23.6 Å².